The molecule has 1 amide bonds. The van der Waals surface area contributed by atoms with E-state index in [0.29, 0.717) is 11.3 Å². The molecule has 1 aliphatic heterocycles. The molecule has 1 unspecified atom stereocenters. The summed E-state index contributed by atoms with van der Waals surface area (Å²) in [6, 6.07) is 16.4. The molecule has 1 fully saturated rings. The highest BCUT2D eigenvalue weighted by Crippen LogP contribution is 2.41. The van der Waals surface area contributed by atoms with Gasteiger partial charge in [0, 0.05) is 5.56 Å². The molecule has 3 aromatic rings. The molecule has 33 heavy (non-hydrogen) atoms. The third-order valence-electron chi connectivity index (χ3n) is 6.16. The average Bonchev–Trinajstić information content (AvgIpc) is 3.35. The second-order valence-corrected chi connectivity index (χ2v) is 9.70. The van der Waals surface area contributed by atoms with Crippen molar-refractivity contribution in [2.24, 2.45) is 0 Å². The van der Waals surface area contributed by atoms with Crippen LogP contribution in [0.15, 0.2) is 70.9 Å². The summed E-state index contributed by atoms with van der Waals surface area (Å²) in [5.41, 5.74) is 4.17. The van der Waals surface area contributed by atoms with E-state index in [2.05, 4.69) is 20.8 Å². The van der Waals surface area contributed by atoms with Gasteiger partial charge in [0.2, 0.25) is 0 Å². The van der Waals surface area contributed by atoms with Crippen molar-refractivity contribution >= 4 is 17.4 Å². The molecule has 5 heteroatoms. The number of aliphatic hydroxyl groups is 1. The fourth-order valence-electron chi connectivity index (χ4n) is 4.29. The van der Waals surface area contributed by atoms with Crippen molar-refractivity contribution < 1.29 is 19.1 Å². The zero-order valence-corrected chi connectivity index (χ0v) is 19.7. The normalized spacial score (nSPS) is 18.2. The molecule has 2 aromatic carbocycles. The van der Waals surface area contributed by atoms with Crippen LogP contribution >= 0.6 is 0 Å². The third-order valence-corrected chi connectivity index (χ3v) is 6.16. The fourth-order valence-corrected chi connectivity index (χ4v) is 4.29. The Morgan fingerprint density at radius 3 is 2.42 bits per heavy atom. The summed E-state index contributed by atoms with van der Waals surface area (Å²) in [4.78, 5) is 27.9. The van der Waals surface area contributed by atoms with Crippen molar-refractivity contribution in [2.75, 3.05) is 0 Å². The first-order valence-corrected chi connectivity index (χ1v) is 11.1. The highest BCUT2D eigenvalue weighted by molar-refractivity contribution is 6.46. The van der Waals surface area contributed by atoms with E-state index in [1.165, 1.54) is 11.2 Å². The molecule has 1 aromatic heterocycles. The fraction of sp³-hybridized carbons (Fsp3) is 0.286. The molecule has 1 atom stereocenters. The summed E-state index contributed by atoms with van der Waals surface area (Å²) >= 11 is 0. The van der Waals surface area contributed by atoms with Crippen LogP contribution in [0.3, 0.4) is 0 Å². The van der Waals surface area contributed by atoms with E-state index in [-0.39, 0.29) is 23.3 Å². The van der Waals surface area contributed by atoms with Crippen LogP contribution in [0, 0.1) is 13.8 Å². The molecular weight excluding hydrogens is 414 g/mol. The van der Waals surface area contributed by atoms with Gasteiger partial charge in [-0.15, -0.1) is 0 Å². The summed E-state index contributed by atoms with van der Waals surface area (Å²) in [5, 5.41) is 11.5. The number of ketones is 1. The number of hydrogen-bond acceptors (Lipinski definition) is 4. The minimum atomic E-state index is -0.715. The van der Waals surface area contributed by atoms with E-state index in [0.717, 1.165) is 22.3 Å². The number of nitrogens with zero attached hydrogens (tertiary/aromatic N) is 1. The number of amides is 1. The maximum absolute atomic E-state index is 13.3. The minimum Gasteiger partial charge on any atom is -0.507 e. The maximum atomic E-state index is 13.3. The van der Waals surface area contributed by atoms with Gasteiger partial charge in [-0.05, 0) is 54.2 Å². The molecule has 170 valence electrons. The number of likely N-dealkylation sites (tertiary alicyclic amines) is 1. The van der Waals surface area contributed by atoms with Crippen LogP contribution in [0.1, 0.15) is 60.4 Å². The summed E-state index contributed by atoms with van der Waals surface area (Å²) in [6.07, 6.45) is 1.54. The number of aryl methyl sites for hydroxylation is 2. The van der Waals surface area contributed by atoms with Crippen molar-refractivity contribution in [1.29, 1.82) is 0 Å². The van der Waals surface area contributed by atoms with E-state index in [4.69, 9.17) is 4.42 Å². The van der Waals surface area contributed by atoms with Gasteiger partial charge in [-0.2, -0.15) is 0 Å². The van der Waals surface area contributed by atoms with Crippen molar-refractivity contribution in [2.45, 2.75) is 52.6 Å². The van der Waals surface area contributed by atoms with Gasteiger partial charge in [-0.25, -0.2) is 0 Å². The Hall–Kier alpha value is -3.60. The predicted molar refractivity (Wildman–Crippen MR) is 128 cm³/mol. The number of hydrogen-bond donors (Lipinski definition) is 1. The highest BCUT2D eigenvalue weighted by atomic mass is 16.3. The summed E-state index contributed by atoms with van der Waals surface area (Å²) in [6.45, 7) is 10.3. The first-order chi connectivity index (χ1) is 15.6. The van der Waals surface area contributed by atoms with Gasteiger partial charge in [0.15, 0.2) is 0 Å². The molecule has 1 aliphatic rings. The third kappa shape index (κ3) is 4.23. The van der Waals surface area contributed by atoms with Crippen molar-refractivity contribution in [3.8, 4) is 0 Å². The van der Waals surface area contributed by atoms with E-state index in [1.54, 1.807) is 12.1 Å². The van der Waals surface area contributed by atoms with E-state index >= 15 is 0 Å². The van der Waals surface area contributed by atoms with Crippen molar-refractivity contribution in [3.05, 3.63) is 100 Å². The molecule has 0 saturated carbocycles. The van der Waals surface area contributed by atoms with Crippen LogP contribution in [0.25, 0.3) is 5.76 Å². The number of rotatable bonds is 4. The van der Waals surface area contributed by atoms with E-state index in [9.17, 15) is 14.7 Å². The predicted octanol–water partition coefficient (Wildman–Crippen LogP) is 5.82. The van der Waals surface area contributed by atoms with Gasteiger partial charge in [-0.3, -0.25) is 9.59 Å². The Labute approximate surface area is 194 Å². The second-order valence-electron chi connectivity index (χ2n) is 9.70. The number of furan rings is 1. The number of Topliss-reactive ketones (excluding diaryl/α,β-unsaturated/α-hetero) is 1. The number of carbonyl (C=O) groups is 2. The summed E-state index contributed by atoms with van der Waals surface area (Å²) in [7, 11) is 0. The minimum absolute atomic E-state index is 0.103. The van der Waals surface area contributed by atoms with Gasteiger partial charge in [0.25, 0.3) is 11.7 Å². The molecule has 0 aliphatic carbocycles. The lowest BCUT2D eigenvalue weighted by Gasteiger charge is -2.25. The maximum Gasteiger partial charge on any atom is 0.296 e. The average molecular weight is 444 g/mol. The molecule has 0 bridgehead atoms. The topological polar surface area (TPSA) is 70.8 Å². The van der Waals surface area contributed by atoms with E-state index in [1.807, 2.05) is 56.3 Å². The number of aliphatic hydroxyl groups excluding tert-OH is 1. The first-order valence-electron chi connectivity index (χ1n) is 11.1. The Balaban J connectivity index is 1.92. The first kappa shape index (κ1) is 22.6. The monoisotopic (exact) mass is 443 g/mol. The molecule has 2 heterocycles. The van der Waals surface area contributed by atoms with Crippen LogP contribution in [0.4, 0.5) is 0 Å². The van der Waals surface area contributed by atoms with Crippen LogP contribution in [-0.4, -0.2) is 21.7 Å². The van der Waals surface area contributed by atoms with Crippen LogP contribution in [0.5, 0.6) is 0 Å². The van der Waals surface area contributed by atoms with Crippen LogP contribution in [-0.2, 0) is 21.5 Å². The molecule has 1 saturated heterocycles. The smallest absolute Gasteiger partial charge is 0.296 e. The molecule has 4 rings (SSSR count). The molecule has 5 nitrogen and oxygen atoms in total. The second kappa shape index (κ2) is 8.39. The van der Waals surface area contributed by atoms with Crippen LogP contribution in [0.2, 0.25) is 0 Å². The summed E-state index contributed by atoms with van der Waals surface area (Å²) < 4.78 is 5.46. The quantitative estimate of drug-likeness (QED) is 0.314. The SMILES string of the molecule is Cc1cccc(C2/C(=C(\O)c3cc(C(C)(C)C)ccc3C)C(=O)C(=O)N2Cc2ccco2)c1. The lowest BCUT2D eigenvalue weighted by molar-refractivity contribution is -0.140. The summed E-state index contributed by atoms with van der Waals surface area (Å²) in [5.74, 6) is -0.916. The van der Waals surface area contributed by atoms with Gasteiger partial charge in [-0.1, -0.05) is 62.7 Å². The highest BCUT2D eigenvalue weighted by Gasteiger charge is 2.46. The zero-order chi connectivity index (χ0) is 23.9. The molecule has 0 radical (unpaired) electrons. The number of carbonyl (C=O) groups excluding carboxylic acids is 2. The molecular formula is C28H29NO4. The molecule has 1 N–H and O–H groups in total. The van der Waals surface area contributed by atoms with Gasteiger partial charge in [0.1, 0.15) is 11.5 Å². The largest absolute Gasteiger partial charge is 0.507 e. The Morgan fingerprint density at radius 1 is 1.03 bits per heavy atom. The lowest BCUT2D eigenvalue weighted by Crippen LogP contribution is -2.29. The van der Waals surface area contributed by atoms with Crippen LogP contribution < -0.4 is 0 Å². The Bertz CT molecular complexity index is 1250. The zero-order valence-electron chi connectivity index (χ0n) is 19.7. The molecule has 0 spiro atoms. The van der Waals surface area contributed by atoms with E-state index < -0.39 is 17.7 Å². The van der Waals surface area contributed by atoms with Crippen molar-refractivity contribution in [3.63, 3.8) is 0 Å². The standard InChI is InChI=1S/C28H29NO4/c1-17-8-6-9-19(14-17)24-23(26(31)27(32)29(24)16-21-10-7-13-33-21)25(30)22-15-20(28(3,4)5)12-11-18(22)2/h6-15,24,30H,16H2,1-5H3/b25-23+. The lowest BCUT2D eigenvalue weighted by atomic mass is 9.84. The Kier molecular flexibility index (Phi) is 5.75. The van der Waals surface area contributed by atoms with Gasteiger partial charge >= 0.3 is 0 Å². The van der Waals surface area contributed by atoms with Gasteiger partial charge < -0.3 is 14.4 Å². The van der Waals surface area contributed by atoms with Crippen molar-refractivity contribution in [1.82, 2.24) is 4.90 Å². The van der Waals surface area contributed by atoms with Gasteiger partial charge in [0.05, 0.1) is 24.4 Å². The number of benzene rings is 2. The Morgan fingerprint density at radius 2 is 1.79 bits per heavy atom.